The van der Waals surface area contributed by atoms with Gasteiger partial charge in [0, 0.05) is 30.4 Å². The Morgan fingerprint density at radius 2 is 2.10 bits per heavy atom. The van der Waals surface area contributed by atoms with Crippen LogP contribution in [0.2, 0.25) is 0 Å². The Morgan fingerprint density at radius 3 is 2.85 bits per heavy atom. The monoisotopic (exact) mass is 274 g/mol. The topological polar surface area (TPSA) is 41.0 Å². The van der Waals surface area contributed by atoms with Crippen molar-refractivity contribution in [2.24, 2.45) is 5.92 Å². The van der Waals surface area contributed by atoms with Gasteiger partial charge in [-0.25, -0.2) is 9.97 Å². The number of nitrogens with zero attached hydrogens (tertiary/aromatic N) is 3. The highest BCUT2D eigenvalue weighted by molar-refractivity contribution is 5.50. The van der Waals surface area contributed by atoms with E-state index in [2.05, 4.69) is 34.0 Å². The molecule has 1 unspecified atom stereocenters. The van der Waals surface area contributed by atoms with E-state index < -0.39 is 0 Å². The van der Waals surface area contributed by atoms with Gasteiger partial charge in [0.05, 0.1) is 0 Å². The zero-order valence-electron chi connectivity index (χ0n) is 12.7. The summed E-state index contributed by atoms with van der Waals surface area (Å²) in [6.45, 7) is 7.87. The highest BCUT2D eigenvalue weighted by atomic mass is 15.2. The van der Waals surface area contributed by atoms with Gasteiger partial charge in [-0.15, -0.1) is 0 Å². The summed E-state index contributed by atoms with van der Waals surface area (Å²) in [5.41, 5.74) is 2.71. The lowest BCUT2D eigenvalue weighted by molar-refractivity contribution is 0.314. The second kappa shape index (κ2) is 6.08. The summed E-state index contributed by atoms with van der Waals surface area (Å²) in [6, 6.07) is 0.637. The minimum absolute atomic E-state index is 0.637. The van der Waals surface area contributed by atoms with Crippen molar-refractivity contribution >= 4 is 5.82 Å². The fraction of sp³-hybridized carbons (Fsp3) is 0.750. The molecule has 0 amide bonds. The number of hydrogen-bond donors (Lipinski definition) is 1. The summed E-state index contributed by atoms with van der Waals surface area (Å²) in [5, 5.41) is 3.57. The van der Waals surface area contributed by atoms with Gasteiger partial charge < -0.3 is 10.2 Å². The van der Waals surface area contributed by atoms with Crippen LogP contribution < -0.4 is 10.2 Å². The molecule has 1 N–H and O–H groups in total. The Balaban J connectivity index is 1.65. The Hall–Kier alpha value is -1.16. The van der Waals surface area contributed by atoms with Crippen LogP contribution in [0.25, 0.3) is 0 Å². The smallest absolute Gasteiger partial charge is 0.135 e. The van der Waals surface area contributed by atoms with E-state index in [9.17, 15) is 0 Å². The average Bonchev–Trinajstić information content (AvgIpc) is 2.96. The van der Waals surface area contributed by atoms with Crippen molar-refractivity contribution in [3.63, 3.8) is 0 Å². The molecule has 1 saturated heterocycles. The summed E-state index contributed by atoms with van der Waals surface area (Å²) in [6.07, 6.45) is 7.85. The summed E-state index contributed by atoms with van der Waals surface area (Å²) in [7, 11) is 0. The maximum absolute atomic E-state index is 4.58. The molecule has 3 rings (SSSR count). The molecule has 0 radical (unpaired) electrons. The molecule has 20 heavy (non-hydrogen) atoms. The number of nitrogens with one attached hydrogen (secondary N) is 1. The van der Waals surface area contributed by atoms with E-state index in [1.165, 1.54) is 42.8 Å². The molecular formula is C16H26N4. The van der Waals surface area contributed by atoms with Crippen molar-refractivity contribution < 1.29 is 0 Å². The van der Waals surface area contributed by atoms with E-state index in [0.29, 0.717) is 6.04 Å². The van der Waals surface area contributed by atoms with Gasteiger partial charge in [0.15, 0.2) is 0 Å². The van der Waals surface area contributed by atoms with Crippen LogP contribution in [0.15, 0.2) is 6.33 Å². The number of aromatic nitrogens is 2. The van der Waals surface area contributed by atoms with Gasteiger partial charge in [0.1, 0.15) is 12.1 Å². The zero-order chi connectivity index (χ0) is 13.9. The normalized spacial score (nSPS) is 21.0. The van der Waals surface area contributed by atoms with Crippen LogP contribution in [0.1, 0.15) is 44.4 Å². The van der Waals surface area contributed by atoms with E-state index in [1.807, 2.05) is 0 Å². The Bertz CT molecular complexity index is 452. The average molecular weight is 274 g/mol. The second-order valence-electron chi connectivity index (χ2n) is 6.15. The van der Waals surface area contributed by atoms with Gasteiger partial charge in [-0.1, -0.05) is 6.92 Å². The first-order valence-electron chi connectivity index (χ1n) is 8.10. The third-order valence-corrected chi connectivity index (χ3v) is 4.92. The molecular weight excluding hydrogens is 248 g/mol. The summed E-state index contributed by atoms with van der Waals surface area (Å²) in [4.78, 5) is 11.5. The lowest BCUT2D eigenvalue weighted by Crippen LogP contribution is -2.42. The first-order valence-corrected chi connectivity index (χ1v) is 8.10. The molecule has 0 aromatic carbocycles. The van der Waals surface area contributed by atoms with Gasteiger partial charge in [-0.05, 0) is 51.5 Å². The third kappa shape index (κ3) is 2.66. The predicted molar refractivity (Wildman–Crippen MR) is 82.1 cm³/mol. The SMILES string of the molecule is CCNC(C)C1CCN(c2ncnc3c2CCC3)CC1. The maximum atomic E-state index is 4.58. The number of aryl methyl sites for hydroxylation is 1. The zero-order valence-corrected chi connectivity index (χ0v) is 12.7. The summed E-state index contributed by atoms with van der Waals surface area (Å²) >= 11 is 0. The summed E-state index contributed by atoms with van der Waals surface area (Å²) in [5.74, 6) is 2.03. The second-order valence-corrected chi connectivity index (χ2v) is 6.15. The molecule has 0 saturated carbocycles. The van der Waals surface area contributed by atoms with Crippen LogP contribution in [0, 0.1) is 5.92 Å². The minimum atomic E-state index is 0.637. The van der Waals surface area contributed by atoms with E-state index in [0.717, 1.165) is 32.0 Å². The molecule has 110 valence electrons. The molecule has 1 fully saturated rings. The molecule has 2 aliphatic rings. The number of fused-ring (bicyclic) bond motifs is 1. The van der Waals surface area contributed by atoms with Gasteiger partial charge in [0.2, 0.25) is 0 Å². The van der Waals surface area contributed by atoms with Crippen molar-refractivity contribution in [3.8, 4) is 0 Å². The number of anilines is 1. The third-order valence-electron chi connectivity index (χ3n) is 4.92. The van der Waals surface area contributed by atoms with Crippen LogP contribution in [-0.2, 0) is 12.8 Å². The fourth-order valence-corrected chi connectivity index (χ4v) is 3.71. The molecule has 4 heteroatoms. The highest BCUT2D eigenvalue weighted by Crippen LogP contribution is 2.31. The van der Waals surface area contributed by atoms with E-state index in [4.69, 9.17) is 0 Å². The molecule has 1 aromatic rings. The molecule has 0 spiro atoms. The standard InChI is InChI=1S/C16H26N4/c1-3-17-12(2)13-7-9-20(10-8-13)16-14-5-4-6-15(14)18-11-19-16/h11-13,17H,3-10H2,1-2H3. The molecule has 4 nitrogen and oxygen atoms in total. The Morgan fingerprint density at radius 1 is 1.30 bits per heavy atom. The van der Waals surface area contributed by atoms with Crippen molar-refractivity contribution in [1.29, 1.82) is 0 Å². The van der Waals surface area contributed by atoms with Crippen LogP contribution in [0.3, 0.4) is 0 Å². The highest BCUT2D eigenvalue weighted by Gasteiger charge is 2.27. The summed E-state index contributed by atoms with van der Waals surface area (Å²) < 4.78 is 0. The van der Waals surface area contributed by atoms with Gasteiger partial charge >= 0.3 is 0 Å². The van der Waals surface area contributed by atoms with Crippen LogP contribution in [0.5, 0.6) is 0 Å². The van der Waals surface area contributed by atoms with Crippen LogP contribution in [-0.4, -0.2) is 35.6 Å². The quantitative estimate of drug-likeness (QED) is 0.913. The van der Waals surface area contributed by atoms with Crippen molar-refractivity contribution in [3.05, 3.63) is 17.6 Å². The van der Waals surface area contributed by atoms with Crippen LogP contribution >= 0.6 is 0 Å². The maximum Gasteiger partial charge on any atom is 0.135 e. The van der Waals surface area contributed by atoms with E-state index >= 15 is 0 Å². The first-order chi connectivity index (χ1) is 9.79. The van der Waals surface area contributed by atoms with E-state index in [-0.39, 0.29) is 0 Å². The Labute approximate surface area is 122 Å². The van der Waals surface area contributed by atoms with Gasteiger partial charge in [-0.3, -0.25) is 0 Å². The van der Waals surface area contributed by atoms with E-state index in [1.54, 1.807) is 6.33 Å². The predicted octanol–water partition coefficient (Wildman–Crippen LogP) is 2.18. The van der Waals surface area contributed by atoms with Crippen LogP contribution in [0.4, 0.5) is 5.82 Å². The van der Waals surface area contributed by atoms with Crippen molar-refractivity contribution in [2.45, 2.75) is 52.0 Å². The number of hydrogen-bond acceptors (Lipinski definition) is 4. The molecule has 1 aromatic heterocycles. The van der Waals surface area contributed by atoms with Gasteiger partial charge in [0.25, 0.3) is 0 Å². The number of rotatable bonds is 4. The fourth-order valence-electron chi connectivity index (χ4n) is 3.71. The number of piperidine rings is 1. The minimum Gasteiger partial charge on any atom is -0.356 e. The molecule has 1 aliphatic heterocycles. The van der Waals surface area contributed by atoms with Crippen molar-refractivity contribution in [2.75, 3.05) is 24.5 Å². The molecule has 1 aliphatic carbocycles. The van der Waals surface area contributed by atoms with Gasteiger partial charge in [-0.2, -0.15) is 0 Å². The van der Waals surface area contributed by atoms with Crippen molar-refractivity contribution in [1.82, 2.24) is 15.3 Å². The molecule has 2 heterocycles. The Kier molecular flexibility index (Phi) is 4.20. The molecule has 1 atom stereocenters. The lowest BCUT2D eigenvalue weighted by atomic mass is 9.90. The lowest BCUT2D eigenvalue weighted by Gasteiger charge is -2.36. The molecule has 0 bridgehead atoms. The largest absolute Gasteiger partial charge is 0.356 e. The first kappa shape index (κ1) is 13.8.